The number of ether oxygens (including phenoxy) is 5. The summed E-state index contributed by atoms with van der Waals surface area (Å²) in [5.41, 5.74) is 0.572. The van der Waals surface area contributed by atoms with E-state index in [2.05, 4.69) is 10.3 Å². The summed E-state index contributed by atoms with van der Waals surface area (Å²) in [6.07, 6.45) is 1.44. The molecule has 38 heavy (non-hydrogen) atoms. The standard InChI is InChI=1S/C27H31N2O9/c1-16(2)14-36-27(33)38-23-21(34-4)10-11-28-22(23)24(30)29-20-15-35-25(31)19(12-17(3)37-26(20)32)13-18-8-6-5-7-9-18/h5-12,16-17,19-20H,13-15H2,1-4H3,(H,29,30)/t17-,19+,20-/m0/s1. The molecule has 2 heterocycles. The number of nitrogens with zero attached hydrogens (tertiary/aromatic N) is 1. The first-order valence-corrected chi connectivity index (χ1v) is 12.1. The maximum absolute atomic E-state index is 13.1. The molecule has 0 unspecified atom stereocenters. The van der Waals surface area contributed by atoms with E-state index in [0.717, 1.165) is 5.56 Å². The Labute approximate surface area is 220 Å². The van der Waals surface area contributed by atoms with Crippen LogP contribution >= 0.6 is 0 Å². The van der Waals surface area contributed by atoms with E-state index in [-0.39, 0.29) is 29.7 Å². The molecule has 1 aliphatic rings. The third-order valence-electron chi connectivity index (χ3n) is 5.41. The summed E-state index contributed by atoms with van der Waals surface area (Å²) in [4.78, 5) is 54.9. The highest BCUT2D eigenvalue weighted by Crippen LogP contribution is 2.30. The van der Waals surface area contributed by atoms with Gasteiger partial charge in [-0.3, -0.25) is 9.59 Å². The van der Waals surface area contributed by atoms with E-state index < -0.39 is 48.7 Å². The highest BCUT2D eigenvalue weighted by atomic mass is 16.7. The normalized spacial score (nSPS) is 19.8. The smallest absolute Gasteiger partial charge is 0.493 e. The highest BCUT2D eigenvalue weighted by molar-refractivity contribution is 5.98. The summed E-state index contributed by atoms with van der Waals surface area (Å²) < 4.78 is 26.2. The van der Waals surface area contributed by atoms with E-state index in [1.165, 1.54) is 19.4 Å². The molecule has 203 valence electrons. The Morgan fingerprint density at radius 2 is 1.87 bits per heavy atom. The van der Waals surface area contributed by atoms with E-state index in [4.69, 9.17) is 23.7 Å². The van der Waals surface area contributed by atoms with Gasteiger partial charge >= 0.3 is 18.1 Å². The summed E-state index contributed by atoms with van der Waals surface area (Å²) in [6, 6.07) is 9.40. The van der Waals surface area contributed by atoms with Crippen LogP contribution in [0, 0.1) is 18.3 Å². The summed E-state index contributed by atoms with van der Waals surface area (Å²) in [7, 11) is 1.32. The van der Waals surface area contributed by atoms with Crippen molar-refractivity contribution in [3.63, 3.8) is 0 Å². The number of cyclic esters (lactones) is 2. The average molecular weight is 528 g/mol. The van der Waals surface area contributed by atoms with E-state index in [0.29, 0.717) is 6.42 Å². The number of carbonyl (C=O) groups excluding carboxylic acids is 4. The lowest BCUT2D eigenvalue weighted by Gasteiger charge is -2.19. The van der Waals surface area contributed by atoms with Gasteiger partial charge in [-0.25, -0.2) is 14.6 Å². The number of rotatable bonds is 8. The highest BCUT2D eigenvalue weighted by Gasteiger charge is 2.34. The second-order valence-electron chi connectivity index (χ2n) is 9.03. The molecule has 2 aromatic rings. The third-order valence-corrected chi connectivity index (χ3v) is 5.41. The fourth-order valence-corrected chi connectivity index (χ4v) is 3.60. The van der Waals surface area contributed by atoms with Crippen LogP contribution in [0.4, 0.5) is 4.79 Å². The van der Waals surface area contributed by atoms with Crippen molar-refractivity contribution in [1.29, 1.82) is 0 Å². The molecular weight excluding hydrogens is 496 g/mol. The van der Waals surface area contributed by atoms with Crippen LogP contribution in [0.15, 0.2) is 42.6 Å². The van der Waals surface area contributed by atoms with Gasteiger partial charge < -0.3 is 29.0 Å². The molecule has 11 nitrogen and oxygen atoms in total. The third kappa shape index (κ3) is 7.92. The first-order chi connectivity index (χ1) is 18.2. The first kappa shape index (κ1) is 28.4. The van der Waals surface area contributed by atoms with Crippen molar-refractivity contribution in [2.24, 2.45) is 11.8 Å². The number of methoxy groups -OCH3 is 1. The molecule has 0 saturated carbocycles. The van der Waals surface area contributed by atoms with Crippen LogP contribution in [0.25, 0.3) is 0 Å². The second kappa shape index (κ2) is 13.4. The molecule has 1 aromatic heterocycles. The molecule has 1 amide bonds. The van der Waals surface area contributed by atoms with Crippen molar-refractivity contribution in [3.8, 4) is 11.5 Å². The summed E-state index contributed by atoms with van der Waals surface area (Å²) in [6.45, 7) is 4.95. The number of esters is 2. The van der Waals surface area contributed by atoms with E-state index in [1.807, 2.05) is 44.2 Å². The summed E-state index contributed by atoms with van der Waals surface area (Å²) >= 11 is 0. The van der Waals surface area contributed by atoms with Crippen molar-refractivity contribution in [2.75, 3.05) is 20.3 Å². The molecule has 1 fully saturated rings. The number of carbonyl (C=O) groups is 4. The zero-order chi connectivity index (χ0) is 27.7. The molecule has 1 aromatic carbocycles. The number of amides is 1. The van der Waals surface area contributed by atoms with E-state index >= 15 is 0 Å². The Kier molecular flexibility index (Phi) is 10.0. The van der Waals surface area contributed by atoms with Crippen LogP contribution in [0.1, 0.15) is 36.8 Å². The quantitative estimate of drug-likeness (QED) is 0.403. The minimum atomic E-state index is -1.34. The molecule has 11 heteroatoms. The maximum Gasteiger partial charge on any atom is 0.514 e. The topological polar surface area (TPSA) is 139 Å². The minimum absolute atomic E-state index is 0.0436. The van der Waals surface area contributed by atoms with Gasteiger partial charge in [-0.2, -0.15) is 0 Å². The van der Waals surface area contributed by atoms with Crippen LogP contribution in [0.5, 0.6) is 11.5 Å². The predicted octanol–water partition coefficient (Wildman–Crippen LogP) is 2.91. The van der Waals surface area contributed by atoms with Gasteiger partial charge in [0.15, 0.2) is 17.5 Å². The lowest BCUT2D eigenvalue weighted by molar-refractivity contribution is -0.152. The maximum atomic E-state index is 13.1. The van der Waals surface area contributed by atoms with E-state index in [1.54, 1.807) is 13.3 Å². The van der Waals surface area contributed by atoms with Gasteiger partial charge in [-0.15, -0.1) is 0 Å². The molecule has 3 atom stereocenters. The van der Waals surface area contributed by atoms with Crippen molar-refractivity contribution >= 4 is 24.0 Å². The van der Waals surface area contributed by atoms with Crippen molar-refractivity contribution in [1.82, 2.24) is 10.3 Å². The molecule has 1 saturated heterocycles. The van der Waals surface area contributed by atoms with Gasteiger partial charge in [0.1, 0.15) is 12.7 Å². The van der Waals surface area contributed by atoms with Crippen molar-refractivity contribution < 1.29 is 42.9 Å². The van der Waals surface area contributed by atoms with E-state index in [9.17, 15) is 19.2 Å². The number of hydrogen-bond acceptors (Lipinski definition) is 10. The van der Waals surface area contributed by atoms with Gasteiger partial charge in [0.05, 0.1) is 19.6 Å². The van der Waals surface area contributed by atoms with Crippen LogP contribution in [0.2, 0.25) is 0 Å². The van der Waals surface area contributed by atoms with Crippen LogP contribution in [-0.4, -0.2) is 61.5 Å². The predicted molar refractivity (Wildman–Crippen MR) is 133 cm³/mol. The van der Waals surface area contributed by atoms with Crippen LogP contribution in [-0.2, 0) is 30.2 Å². The average Bonchev–Trinajstić information content (AvgIpc) is 2.93. The lowest BCUT2D eigenvalue weighted by Crippen LogP contribution is -2.46. The monoisotopic (exact) mass is 527 g/mol. The largest absolute Gasteiger partial charge is 0.514 e. The lowest BCUT2D eigenvalue weighted by atomic mass is 9.94. The molecule has 1 N–H and O–H groups in total. The van der Waals surface area contributed by atoms with Crippen molar-refractivity contribution in [2.45, 2.75) is 39.3 Å². The number of aromatic nitrogens is 1. The number of benzene rings is 1. The molecule has 1 radical (unpaired) electrons. The fraction of sp³-hybridized carbons (Fsp3) is 0.407. The molecule has 0 spiro atoms. The van der Waals surface area contributed by atoms with Gasteiger partial charge in [0.2, 0.25) is 5.75 Å². The van der Waals surface area contributed by atoms with Crippen LogP contribution < -0.4 is 14.8 Å². The SMILES string of the molecule is COc1ccnc(C(=O)N[C@H]2COC(=O)[C@@H](Cc3ccccc3)[CH][C@H](C)OC2=O)c1OC(=O)OCC(C)C. The first-order valence-electron chi connectivity index (χ1n) is 12.1. The molecule has 3 rings (SSSR count). The van der Waals surface area contributed by atoms with Crippen molar-refractivity contribution in [3.05, 3.63) is 60.3 Å². The molecule has 0 bridgehead atoms. The number of pyridine rings is 1. The number of hydrogen-bond donors (Lipinski definition) is 1. The van der Waals surface area contributed by atoms with Gasteiger partial charge in [-0.05, 0) is 24.8 Å². The Morgan fingerprint density at radius 3 is 2.55 bits per heavy atom. The van der Waals surface area contributed by atoms with Gasteiger partial charge in [0.25, 0.3) is 5.91 Å². The molecule has 0 aliphatic carbocycles. The molecular formula is C27H31N2O9. The Hall–Kier alpha value is -4.15. The fourth-order valence-electron chi connectivity index (χ4n) is 3.60. The molecule has 1 aliphatic heterocycles. The summed E-state index contributed by atoms with van der Waals surface area (Å²) in [5, 5.41) is 2.45. The Bertz CT molecular complexity index is 1140. The zero-order valence-corrected chi connectivity index (χ0v) is 21.7. The Morgan fingerprint density at radius 1 is 1.13 bits per heavy atom. The zero-order valence-electron chi connectivity index (χ0n) is 21.7. The minimum Gasteiger partial charge on any atom is -0.493 e. The Balaban J connectivity index is 1.75. The summed E-state index contributed by atoms with van der Waals surface area (Å²) in [5.74, 6) is -3.10. The van der Waals surface area contributed by atoms with Gasteiger partial charge in [0, 0.05) is 18.7 Å². The van der Waals surface area contributed by atoms with Gasteiger partial charge in [-0.1, -0.05) is 44.2 Å². The van der Waals surface area contributed by atoms with Crippen LogP contribution in [0.3, 0.4) is 0 Å². The second-order valence-corrected chi connectivity index (χ2v) is 9.03. The number of nitrogens with one attached hydrogen (secondary N) is 1.